The Bertz CT molecular complexity index is 590. The van der Waals surface area contributed by atoms with Gasteiger partial charge in [0, 0.05) is 6.04 Å². The standard InChI is InChI=1S/C12H13F2N3O4/c1-6(2)16-11(18)5-15-12(19)7-3-8(13)9(14)4-10(7)17(20)21/h3-4,6H,5H2,1-2H3,(H,15,19)(H,16,18). The first kappa shape index (κ1) is 16.5. The summed E-state index contributed by atoms with van der Waals surface area (Å²) < 4.78 is 26.1. The smallest absolute Gasteiger partial charge is 0.285 e. The van der Waals surface area contributed by atoms with Crippen LogP contribution in [-0.4, -0.2) is 29.3 Å². The van der Waals surface area contributed by atoms with Crippen molar-refractivity contribution in [3.63, 3.8) is 0 Å². The van der Waals surface area contributed by atoms with E-state index in [4.69, 9.17) is 0 Å². The first-order valence-electron chi connectivity index (χ1n) is 5.93. The van der Waals surface area contributed by atoms with Crippen LogP contribution in [0.4, 0.5) is 14.5 Å². The van der Waals surface area contributed by atoms with Crippen molar-refractivity contribution in [2.24, 2.45) is 0 Å². The summed E-state index contributed by atoms with van der Waals surface area (Å²) in [6.07, 6.45) is 0. The van der Waals surface area contributed by atoms with E-state index in [1.54, 1.807) is 13.8 Å². The van der Waals surface area contributed by atoms with Crippen molar-refractivity contribution in [1.82, 2.24) is 10.6 Å². The van der Waals surface area contributed by atoms with E-state index in [0.717, 1.165) is 0 Å². The normalized spacial score (nSPS) is 10.3. The van der Waals surface area contributed by atoms with Gasteiger partial charge < -0.3 is 10.6 Å². The summed E-state index contributed by atoms with van der Waals surface area (Å²) in [4.78, 5) is 32.8. The Kier molecular flexibility index (Phi) is 5.28. The minimum atomic E-state index is -1.43. The second-order valence-corrected chi connectivity index (χ2v) is 4.45. The summed E-state index contributed by atoms with van der Waals surface area (Å²) in [5, 5.41) is 15.3. The van der Waals surface area contributed by atoms with Crippen LogP contribution in [-0.2, 0) is 4.79 Å². The molecule has 0 fully saturated rings. The Morgan fingerprint density at radius 1 is 1.29 bits per heavy atom. The third-order valence-corrected chi connectivity index (χ3v) is 2.34. The number of carbonyl (C=O) groups excluding carboxylic acids is 2. The van der Waals surface area contributed by atoms with Crippen LogP contribution in [0.1, 0.15) is 24.2 Å². The molecule has 21 heavy (non-hydrogen) atoms. The molecule has 1 aromatic rings. The summed E-state index contributed by atoms with van der Waals surface area (Å²) in [7, 11) is 0. The summed E-state index contributed by atoms with van der Waals surface area (Å²) in [5.41, 5.74) is -1.54. The van der Waals surface area contributed by atoms with Crippen molar-refractivity contribution >= 4 is 17.5 Å². The molecule has 0 aliphatic heterocycles. The third kappa shape index (κ3) is 4.48. The van der Waals surface area contributed by atoms with Crippen molar-refractivity contribution in [2.75, 3.05) is 6.54 Å². The Balaban J connectivity index is 2.90. The minimum Gasteiger partial charge on any atom is -0.352 e. The fraction of sp³-hybridized carbons (Fsp3) is 0.333. The van der Waals surface area contributed by atoms with Crippen LogP contribution in [0.15, 0.2) is 12.1 Å². The van der Waals surface area contributed by atoms with Gasteiger partial charge in [-0.25, -0.2) is 8.78 Å². The summed E-state index contributed by atoms with van der Waals surface area (Å²) in [6.45, 7) is 2.98. The van der Waals surface area contributed by atoms with Crippen molar-refractivity contribution in [3.05, 3.63) is 39.4 Å². The van der Waals surface area contributed by atoms with E-state index in [1.165, 1.54) is 0 Å². The molecule has 7 nitrogen and oxygen atoms in total. The molecule has 1 aromatic carbocycles. The number of rotatable bonds is 5. The topological polar surface area (TPSA) is 101 Å². The van der Waals surface area contributed by atoms with E-state index in [1.807, 2.05) is 0 Å². The molecule has 0 aliphatic carbocycles. The average molecular weight is 301 g/mol. The zero-order valence-electron chi connectivity index (χ0n) is 11.3. The molecule has 0 saturated carbocycles. The number of carbonyl (C=O) groups is 2. The average Bonchev–Trinajstić information content (AvgIpc) is 2.37. The lowest BCUT2D eigenvalue weighted by molar-refractivity contribution is -0.385. The molecule has 0 saturated heterocycles. The number of halogens is 2. The van der Waals surface area contributed by atoms with Crippen LogP contribution >= 0.6 is 0 Å². The van der Waals surface area contributed by atoms with Gasteiger partial charge in [-0.1, -0.05) is 0 Å². The number of benzene rings is 1. The minimum absolute atomic E-state index is 0.146. The summed E-state index contributed by atoms with van der Waals surface area (Å²) in [6, 6.07) is 0.591. The maximum Gasteiger partial charge on any atom is 0.285 e. The second-order valence-electron chi connectivity index (χ2n) is 4.45. The van der Waals surface area contributed by atoms with Gasteiger partial charge in [-0.2, -0.15) is 0 Å². The molecule has 2 amide bonds. The van der Waals surface area contributed by atoms with Crippen LogP contribution in [0.5, 0.6) is 0 Å². The fourth-order valence-electron chi connectivity index (χ4n) is 1.50. The van der Waals surface area contributed by atoms with E-state index in [2.05, 4.69) is 10.6 Å². The van der Waals surface area contributed by atoms with Crippen LogP contribution in [0.2, 0.25) is 0 Å². The number of hydrogen-bond acceptors (Lipinski definition) is 4. The lowest BCUT2D eigenvalue weighted by Gasteiger charge is -2.09. The molecular weight excluding hydrogens is 288 g/mol. The van der Waals surface area contributed by atoms with Crippen molar-refractivity contribution in [3.8, 4) is 0 Å². The Morgan fingerprint density at radius 3 is 2.38 bits per heavy atom. The van der Waals surface area contributed by atoms with Gasteiger partial charge in [-0.15, -0.1) is 0 Å². The summed E-state index contributed by atoms with van der Waals surface area (Å²) >= 11 is 0. The molecule has 0 spiro atoms. The Hall–Kier alpha value is -2.58. The highest BCUT2D eigenvalue weighted by atomic mass is 19.2. The van der Waals surface area contributed by atoms with Gasteiger partial charge >= 0.3 is 0 Å². The summed E-state index contributed by atoms with van der Waals surface area (Å²) in [5.74, 6) is -4.38. The van der Waals surface area contributed by atoms with Crippen molar-refractivity contribution in [1.29, 1.82) is 0 Å². The molecule has 9 heteroatoms. The third-order valence-electron chi connectivity index (χ3n) is 2.34. The van der Waals surface area contributed by atoms with E-state index >= 15 is 0 Å². The van der Waals surface area contributed by atoms with Gasteiger partial charge in [0.1, 0.15) is 5.56 Å². The maximum absolute atomic E-state index is 13.1. The van der Waals surface area contributed by atoms with Gasteiger partial charge in [-0.3, -0.25) is 19.7 Å². The monoisotopic (exact) mass is 301 g/mol. The Morgan fingerprint density at radius 2 is 1.86 bits per heavy atom. The molecular formula is C12H13F2N3O4. The number of nitrogens with zero attached hydrogens (tertiary/aromatic N) is 1. The van der Waals surface area contributed by atoms with Crippen molar-refractivity contribution < 1.29 is 23.3 Å². The van der Waals surface area contributed by atoms with E-state index in [-0.39, 0.29) is 6.04 Å². The highest BCUT2D eigenvalue weighted by Gasteiger charge is 2.24. The van der Waals surface area contributed by atoms with Gasteiger partial charge in [0.2, 0.25) is 5.91 Å². The van der Waals surface area contributed by atoms with Gasteiger partial charge in [0.05, 0.1) is 17.5 Å². The van der Waals surface area contributed by atoms with E-state index in [9.17, 15) is 28.5 Å². The highest BCUT2D eigenvalue weighted by Crippen LogP contribution is 2.22. The molecule has 0 bridgehead atoms. The molecule has 0 radical (unpaired) electrons. The van der Waals surface area contributed by atoms with E-state index < -0.39 is 46.2 Å². The first-order chi connectivity index (χ1) is 9.72. The number of nitro benzene ring substituents is 1. The van der Waals surface area contributed by atoms with Crippen LogP contribution in [0.25, 0.3) is 0 Å². The van der Waals surface area contributed by atoms with Crippen LogP contribution < -0.4 is 10.6 Å². The molecule has 0 aromatic heterocycles. The molecule has 2 N–H and O–H groups in total. The lowest BCUT2D eigenvalue weighted by Crippen LogP contribution is -2.40. The molecule has 114 valence electrons. The molecule has 0 atom stereocenters. The number of nitro groups is 1. The highest BCUT2D eigenvalue weighted by molar-refractivity contribution is 5.99. The molecule has 0 aliphatic rings. The molecule has 1 rings (SSSR count). The van der Waals surface area contributed by atoms with E-state index in [0.29, 0.717) is 12.1 Å². The molecule has 0 heterocycles. The van der Waals surface area contributed by atoms with Gasteiger partial charge in [0.15, 0.2) is 11.6 Å². The predicted octanol–water partition coefficient (Wildman–Crippen LogP) is 1.13. The zero-order valence-corrected chi connectivity index (χ0v) is 11.3. The Labute approximate surface area is 118 Å². The quantitative estimate of drug-likeness (QED) is 0.628. The number of nitrogens with one attached hydrogen (secondary N) is 2. The van der Waals surface area contributed by atoms with Crippen LogP contribution in [0.3, 0.4) is 0 Å². The lowest BCUT2D eigenvalue weighted by atomic mass is 10.1. The largest absolute Gasteiger partial charge is 0.352 e. The zero-order chi connectivity index (χ0) is 16.2. The first-order valence-corrected chi connectivity index (χ1v) is 5.93. The van der Waals surface area contributed by atoms with Gasteiger partial charge in [-0.05, 0) is 19.9 Å². The van der Waals surface area contributed by atoms with Gasteiger partial charge in [0.25, 0.3) is 11.6 Å². The predicted molar refractivity (Wildman–Crippen MR) is 68.6 cm³/mol. The second kappa shape index (κ2) is 6.73. The maximum atomic E-state index is 13.1. The fourth-order valence-corrected chi connectivity index (χ4v) is 1.50. The van der Waals surface area contributed by atoms with Crippen LogP contribution in [0, 0.1) is 21.7 Å². The van der Waals surface area contributed by atoms with Crippen molar-refractivity contribution in [2.45, 2.75) is 19.9 Å². The number of hydrogen-bond donors (Lipinski definition) is 2. The number of amides is 2. The molecule has 0 unspecified atom stereocenters. The SMILES string of the molecule is CC(C)NC(=O)CNC(=O)c1cc(F)c(F)cc1[N+](=O)[O-].